The van der Waals surface area contributed by atoms with Gasteiger partial charge in [-0.3, -0.25) is 10.1 Å². The Balaban J connectivity index is 1.83. The summed E-state index contributed by atoms with van der Waals surface area (Å²) in [5.41, 5.74) is 1.03. The van der Waals surface area contributed by atoms with Crippen molar-refractivity contribution in [3.05, 3.63) is 22.4 Å². The lowest BCUT2D eigenvalue weighted by Crippen LogP contribution is -2.35. The highest BCUT2D eigenvalue weighted by molar-refractivity contribution is 7.07. The van der Waals surface area contributed by atoms with Crippen LogP contribution in [0.5, 0.6) is 0 Å². The first-order chi connectivity index (χ1) is 9.20. The minimum atomic E-state index is -0.210. The molecule has 1 unspecified atom stereocenters. The van der Waals surface area contributed by atoms with Crippen molar-refractivity contribution in [2.45, 2.75) is 51.2 Å². The first-order valence-electron chi connectivity index (χ1n) is 7.31. The Morgan fingerprint density at radius 2 is 2.21 bits per heavy atom. The summed E-state index contributed by atoms with van der Waals surface area (Å²) in [5.74, 6) is 0.941. The van der Waals surface area contributed by atoms with Crippen molar-refractivity contribution in [2.75, 3.05) is 6.54 Å². The first-order valence-corrected chi connectivity index (χ1v) is 8.25. The minimum Gasteiger partial charge on any atom is -0.321 e. The smallest absolute Gasteiger partial charge is 0.244 e. The fourth-order valence-corrected chi connectivity index (χ4v) is 3.66. The highest BCUT2D eigenvalue weighted by Gasteiger charge is 2.59. The molecule has 1 saturated heterocycles. The number of rotatable bonds is 5. The number of thiophene rings is 1. The molecule has 1 aliphatic carbocycles. The van der Waals surface area contributed by atoms with Gasteiger partial charge in [-0.15, -0.1) is 0 Å². The first kappa shape index (κ1) is 13.1. The Labute approximate surface area is 119 Å². The fourth-order valence-electron chi connectivity index (χ4n) is 2.98. The van der Waals surface area contributed by atoms with Gasteiger partial charge in [0.2, 0.25) is 5.91 Å². The standard InChI is InChI=1S/C15H22N2OS/c1-3-11(4-2)9-17-13(12-5-8-19-10-12)16-15(6-7-15)14(17)18/h5,8,10-11,13,16H,3-4,6-7,9H2,1-2H3. The molecule has 2 fully saturated rings. The Morgan fingerprint density at radius 3 is 2.74 bits per heavy atom. The summed E-state index contributed by atoms with van der Waals surface area (Å²) in [7, 11) is 0. The number of carbonyl (C=O) groups is 1. The molecule has 0 radical (unpaired) electrons. The maximum Gasteiger partial charge on any atom is 0.244 e. The van der Waals surface area contributed by atoms with Gasteiger partial charge < -0.3 is 4.90 Å². The third-order valence-electron chi connectivity index (χ3n) is 4.61. The van der Waals surface area contributed by atoms with Gasteiger partial charge in [-0.1, -0.05) is 26.7 Å². The van der Waals surface area contributed by atoms with Gasteiger partial charge in [0.1, 0.15) is 11.7 Å². The molecule has 0 bridgehead atoms. The van der Waals surface area contributed by atoms with Gasteiger partial charge in [-0.05, 0) is 41.1 Å². The van der Waals surface area contributed by atoms with E-state index in [0.29, 0.717) is 11.8 Å². The van der Waals surface area contributed by atoms with Crippen LogP contribution in [0.15, 0.2) is 16.8 Å². The van der Waals surface area contributed by atoms with E-state index in [1.165, 1.54) is 5.56 Å². The van der Waals surface area contributed by atoms with Crippen molar-refractivity contribution in [2.24, 2.45) is 5.92 Å². The van der Waals surface area contributed by atoms with Gasteiger partial charge in [-0.25, -0.2) is 0 Å². The summed E-state index contributed by atoms with van der Waals surface area (Å²) in [5, 5.41) is 7.83. The van der Waals surface area contributed by atoms with Crippen LogP contribution in [0.2, 0.25) is 0 Å². The van der Waals surface area contributed by atoms with E-state index in [9.17, 15) is 4.79 Å². The van der Waals surface area contributed by atoms with E-state index in [2.05, 4.69) is 40.9 Å². The molecule has 1 N–H and O–H groups in total. The molecule has 2 aliphatic rings. The largest absolute Gasteiger partial charge is 0.321 e. The predicted octanol–water partition coefficient (Wildman–Crippen LogP) is 3.15. The van der Waals surface area contributed by atoms with Crippen molar-refractivity contribution in [1.82, 2.24) is 10.2 Å². The second-order valence-electron chi connectivity index (χ2n) is 5.83. The molecular formula is C15H22N2OS. The molecule has 1 amide bonds. The van der Waals surface area contributed by atoms with Gasteiger partial charge in [0.05, 0.1) is 0 Å². The van der Waals surface area contributed by atoms with Crippen molar-refractivity contribution in [1.29, 1.82) is 0 Å². The van der Waals surface area contributed by atoms with Crippen LogP contribution in [0.25, 0.3) is 0 Å². The number of carbonyl (C=O) groups excluding carboxylic acids is 1. The van der Waals surface area contributed by atoms with Gasteiger partial charge in [-0.2, -0.15) is 11.3 Å². The average molecular weight is 278 g/mol. The summed E-state index contributed by atoms with van der Waals surface area (Å²) >= 11 is 1.70. The monoisotopic (exact) mass is 278 g/mol. The second kappa shape index (κ2) is 4.91. The summed E-state index contributed by atoms with van der Waals surface area (Å²) < 4.78 is 0. The number of nitrogens with zero attached hydrogens (tertiary/aromatic N) is 1. The molecule has 1 aromatic heterocycles. The van der Waals surface area contributed by atoms with Crippen LogP contribution >= 0.6 is 11.3 Å². The fraction of sp³-hybridized carbons (Fsp3) is 0.667. The third-order valence-corrected chi connectivity index (χ3v) is 5.31. The average Bonchev–Trinajstić information content (AvgIpc) is 2.91. The third kappa shape index (κ3) is 2.21. The summed E-state index contributed by atoms with van der Waals surface area (Å²) in [4.78, 5) is 14.7. The van der Waals surface area contributed by atoms with Crippen molar-refractivity contribution < 1.29 is 4.79 Å². The zero-order valence-corrected chi connectivity index (χ0v) is 12.5. The summed E-state index contributed by atoms with van der Waals surface area (Å²) in [6.45, 7) is 5.32. The molecule has 1 atom stereocenters. The molecule has 1 aromatic rings. The molecule has 4 heteroatoms. The molecule has 3 rings (SSSR count). The van der Waals surface area contributed by atoms with E-state index in [1.807, 2.05) is 0 Å². The maximum absolute atomic E-state index is 12.6. The normalized spacial score (nSPS) is 24.7. The quantitative estimate of drug-likeness (QED) is 0.897. The van der Waals surface area contributed by atoms with Crippen LogP contribution in [-0.2, 0) is 4.79 Å². The van der Waals surface area contributed by atoms with Gasteiger partial charge in [0.15, 0.2) is 0 Å². The van der Waals surface area contributed by atoms with Crippen LogP contribution in [0.4, 0.5) is 0 Å². The van der Waals surface area contributed by atoms with Crippen molar-refractivity contribution >= 4 is 17.2 Å². The Bertz CT molecular complexity index is 449. The number of nitrogens with one attached hydrogen (secondary N) is 1. The molecule has 104 valence electrons. The highest BCUT2D eigenvalue weighted by atomic mass is 32.1. The van der Waals surface area contributed by atoms with Crippen LogP contribution in [0.3, 0.4) is 0 Å². The van der Waals surface area contributed by atoms with Crippen LogP contribution < -0.4 is 5.32 Å². The van der Waals surface area contributed by atoms with E-state index in [0.717, 1.165) is 32.2 Å². The predicted molar refractivity (Wildman–Crippen MR) is 77.9 cm³/mol. The minimum absolute atomic E-state index is 0.0989. The van der Waals surface area contributed by atoms with E-state index in [4.69, 9.17) is 0 Å². The number of amides is 1. The van der Waals surface area contributed by atoms with Crippen LogP contribution in [0.1, 0.15) is 51.3 Å². The summed E-state index contributed by atoms with van der Waals surface area (Å²) in [6, 6.07) is 2.14. The topological polar surface area (TPSA) is 32.3 Å². The zero-order valence-electron chi connectivity index (χ0n) is 11.7. The maximum atomic E-state index is 12.6. The van der Waals surface area contributed by atoms with E-state index >= 15 is 0 Å². The Kier molecular flexibility index (Phi) is 3.39. The van der Waals surface area contributed by atoms with E-state index in [1.54, 1.807) is 11.3 Å². The van der Waals surface area contributed by atoms with Crippen LogP contribution in [-0.4, -0.2) is 22.9 Å². The lowest BCUT2D eigenvalue weighted by atomic mass is 10.0. The molecule has 1 saturated carbocycles. The van der Waals surface area contributed by atoms with Crippen LogP contribution in [0, 0.1) is 5.92 Å². The Hall–Kier alpha value is -0.870. The molecule has 3 nitrogen and oxygen atoms in total. The van der Waals surface area contributed by atoms with Gasteiger partial charge in [0, 0.05) is 6.54 Å². The number of hydrogen-bond donors (Lipinski definition) is 1. The highest BCUT2D eigenvalue weighted by Crippen LogP contribution is 2.46. The SMILES string of the molecule is CCC(CC)CN1C(=O)C2(CC2)NC1c1ccsc1. The molecular weight excluding hydrogens is 256 g/mol. The van der Waals surface area contributed by atoms with Crippen molar-refractivity contribution in [3.8, 4) is 0 Å². The molecule has 1 spiro atoms. The lowest BCUT2D eigenvalue weighted by Gasteiger charge is -2.27. The van der Waals surface area contributed by atoms with Gasteiger partial charge >= 0.3 is 0 Å². The molecule has 2 heterocycles. The van der Waals surface area contributed by atoms with E-state index < -0.39 is 0 Å². The van der Waals surface area contributed by atoms with E-state index in [-0.39, 0.29) is 11.7 Å². The number of hydrogen-bond acceptors (Lipinski definition) is 3. The van der Waals surface area contributed by atoms with Gasteiger partial charge in [0.25, 0.3) is 0 Å². The molecule has 1 aliphatic heterocycles. The second-order valence-corrected chi connectivity index (χ2v) is 6.61. The zero-order chi connectivity index (χ0) is 13.5. The molecule has 19 heavy (non-hydrogen) atoms. The van der Waals surface area contributed by atoms with Crippen molar-refractivity contribution in [3.63, 3.8) is 0 Å². The summed E-state index contributed by atoms with van der Waals surface area (Å²) in [6.07, 6.45) is 4.40. The Morgan fingerprint density at radius 1 is 1.47 bits per heavy atom. The molecule has 0 aromatic carbocycles. The lowest BCUT2D eigenvalue weighted by molar-refractivity contribution is -0.131.